The number of nitrogens with zero attached hydrogens (tertiary/aromatic N) is 1. The van der Waals surface area contributed by atoms with Gasteiger partial charge in [0, 0.05) is 31.9 Å². The number of β-amino-alcohol motifs (C(OH)–C–C–N with tert-alkyl or cyclic N) is 1. The van der Waals surface area contributed by atoms with Crippen molar-refractivity contribution in [1.29, 1.82) is 0 Å². The molecule has 1 aliphatic rings. The standard InChI is InChI=1S/C14H22N2O/c1-11-6-12(2)8-13(7-11)16-5-4-15-9-14(3,17)10-16/h6-8,15,17H,4-5,9-10H2,1-3H3. The first-order chi connectivity index (χ1) is 7.96. The van der Waals surface area contributed by atoms with Gasteiger partial charge in [0.05, 0.1) is 5.60 Å². The van der Waals surface area contributed by atoms with E-state index >= 15 is 0 Å². The molecular weight excluding hydrogens is 212 g/mol. The fourth-order valence-electron chi connectivity index (χ4n) is 2.47. The van der Waals surface area contributed by atoms with Gasteiger partial charge >= 0.3 is 0 Å². The molecule has 1 aromatic carbocycles. The molecule has 2 N–H and O–H groups in total. The van der Waals surface area contributed by atoms with Crippen LogP contribution in [0.2, 0.25) is 0 Å². The second-order valence-corrected chi connectivity index (χ2v) is 5.44. The highest BCUT2D eigenvalue weighted by molar-refractivity contribution is 5.51. The number of rotatable bonds is 1. The quantitative estimate of drug-likeness (QED) is 0.772. The van der Waals surface area contributed by atoms with Gasteiger partial charge in [0.25, 0.3) is 0 Å². The molecule has 1 aromatic rings. The number of anilines is 1. The Kier molecular flexibility index (Phi) is 3.40. The lowest BCUT2D eigenvalue weighted by Gasteiger charge is -2.30. The number of nitrogens with one attached hydrogen (secondary N) is 1. The molecule has 1 fully saturated rings. The van der Waals surface area contributed by atoms with Crippen LogP contribution < -0.4 is 10.2 Å². The minimum absolute atomic E-state index is 0.659. The molecule has 0 saturated carbocycles. The SMILES string of the molecule is Cc1cc(C)cc(N2CCNCC(C)(O)C2)c1. The molecule has 3 heteroatoms. The Balaban J connectivity index is 2.25. The highest BCUT2D eigenvalue weighted by Gasteiger charge is 2.26. The number of aliphatic hydroxyl groups is 1. The highest BCUT2D eigenvalue weighted by Crippen LogP contribution is 2.21. The van der Waals surface area contributed by atoms with E-state index in [1.165, 1.54) is 16.8 Å². The summed E-state index contributed by atoms with van der Waals surface area (Å²) in [6.45, 7) is 9.33. The summed E-state index contributed by atoms with van der Waals surface area (Å²) < 4.78 is 0. The van der Waals surface area contributed by atoms with Gasteiger partial charge in [-0.15, -0.1) is 0 Å². The van der Waals surface area contributed by atoms with Crippen molar-refractivity contribution >= 4 is 5.69 Å². The molecule has 0 spiro atoms. The summed E-state index contributed by atoms with van der Waals surface area (Å²) in [5.74, 6) is 0. The Labute approximate surface area is 103 Å². The molecule has 2 rings (SSSR count). The predicted octanol–water partition coefficient (Wildman–Crippen LogP) is 1.46. The summed E-state index contributed by atoms with van der Waals surface area (Å²) in [4.78, 5) is 2.26. The highest BCUT2D eigenvalue weighted by atomic mass is 16.3. The van der Waals surface area contributed by atoms with Crippen molar-refractivity contribution in [3.63, 3.8) is 0 Å². The van der Waals surface area contributed by atoms with Gasteiger partial charge in [0.2, 0.25) is 0 Å². The molecule has 0 amide bonds. The normalized spacial score (nSPS) is 25.8. The Morgan fingerprint density at radius 1 is 1.24 bits per heavy atom. The zero-order chi connectivity index (χ0) is 12.5. The lowest BCUT2D eigenvalue weighted by atomic mass is 10.1. The van der Waals surface area contributed by atoms with Gasteiger partial charge in [0.1, 0.15) is 0 Å². The largest absolute Gasteiger partial charge is 0.387 e. The summed E-state index contributed by atoms with van der Waals surface area (Å²) >= 11 is 0. The van der Waals surface area contributed by atoms with E-state index in [2.05, 4.69) is 42.3 Å². The molecule has 94 valence electrons. The van der Waals surface area contributed by atoms with Crippen LogP contribution in [-0.2, 0) is 0 Å². The van der Waals surface area contributed by atoms with Crippen LogP contribution in [0.4, 0.5) is 5.69 Å². The lowest BCUT2D eigenvalue weighted by molar-refractivity contribution is 0.0729. The van der Waals surface area contributed by atoms with Crippen molar-refractivity contribution in [3.8, 4) is 0 Å². The van der Waals surface area contributed by atoms with Crippen LogP contribution in [0.5, 0.6) is 0 Å². The third-order valence-electron chi connectivity index (χ3n) is 3.17. The minimum Gasteiger partial charge on any atom is -0.387 e. The summed E-state index contributed by atoms with van der Waals surface area (Å²) in [5, 5.41) is 13.5. The monoisotopic (exact) mass is 234 g/mol. The van der Waals surface area contributed by atoms with Crippen LogP contribution in [-0.4, -0.2) is 36.9 Å². The molecule has 17 heavy (non-hydrogen) atoms. The third kappa shape index (κ3) is 3.20. The average Bonchev–Trinajstić information content (AvgIpc) is 2.37. The van der Waals surface area contributed by atoms with Crippen LogP contribution in [0.1, 0.15) is 18.1 Å². The molecule has 1 unspecified atom stereocenters. The van der Waals surface area contributed by atoms with Gasteiger partial charge in [-0.3, -0.25) is 0 Å². The van der Waals surface area contributed by atoms with E-state index in [0.717, 1.165) is 13.1 Å². The maximum atomic E-state index is 10.2. The van der Waals surface area contributed by atoms with E-state index in [4.69, 9.17) is 0 Å². The summed E-state index contributed by atoms with van der Waals surface area (Å²) in [5.41, 5.74) is 3.11. The van der Waals surface area contributed by atoms with Gasteiger partial charge in [-0.1, -0.05) is 6.07 Å². The Morgan fingerprint density at radius 2 is 1.88 bits per heavy atom. The van der Waals surface area contributed by atoms with Crippen LogP contribution in [0.15, 0.2) is 18.2 Å². The molecule has 0 bridgehead atoms. The average molecular weight is 234 g/mol. The smallest absolute Gasteiger partial charge is 0.0917 e. The van der Waals surface area contributed by atoms with E-state index in [9.17, 15) is 5.11 Å². The number of hydrogen-bond donors (Lipinski definition) is 2. The number of aryl methyl sites for hydroxylation is 2. The maximum Gasteiger partial charge on any atom is 0.0917 e. The third-order valence-corrected chi connectivity index (χ3v) is 3.17. The molecule has 1 heterocycles. The van der Waals surface area contributed by atoms with Crippen LogP contribution in [0.3, 0.4) is 0 Å². The molecule has 3 nitrogen and oxygen atoms in total. The van der Waals surface area contributed by atoms with E-state index in [1.807, 2.05) is 6.92 Å². The summed E-state index contributed by atoms with van der Waals surface area (Å²) in [7, 11) is 0. The fourth-order valence-corrected chi connectivity index (χ4v) is 2.47. The Morgan fingerprint density at radius 3 is 2.53 bits per heavy atom. The van der Waals surface area contributed by atoms with Crippen molar-refractivity contribution in [2.45, 2.75) is 26.4 Å². The zero-order valence-corrected chi connectivity index (χ0v) is 11.0. The second-order valence-electron chi connectivity index (χ2n) is 5.44. The van der Waals surface area contributed by atoms with E-state index in [-0.39, 0.29) is 0 Å². The fraction of sp³-hybridized carbons (Fsp3) is 0.571. The first-order valence-corrected chi connectivity index (χ1v) is 6.23. The van der Waals surface area contributed by atoms with E-state index < -0.39 is 5.60 Å². The topological polar surface area (TPSA) is 35.5 Å². The van der Waals surface area contributed by atoms with Gasteiger partial charge in [0.15, 0.2) is 0 Å². The number of hydrogen-bond acceptors (Lipinski definition) is 3. The van der Waals surface area contributed by atoms with Crippen LogP contribution in [0.25, 0.3) is 0 Å². The predicted molar refractivity (Wildman–Crippen MR) is 71.6 cm³/mol. The van der Waals surface area contributed by atoms with Gasteiger partial charge < -0.3 is 15.3 Å². The molecule has 0 aromatic heterocycles. The zero-order valence-electron chi connectivity index (χ0n) is 11.0. The second kappa shape index (κ2) is 4.67. The van der Waals surface area contributed by atoms with E-state index in [1.54, 1.807) is 0 Å². The lowest BCUT2D eigenvalue weighted by Crippen LogP contribution is -2.43. The molecule has 0 aliphatic carbocycles. The number of benzene rings is 1. The molecule has 1 atom stereocenters. The van der Waals surface area contributed by atoms with Crippen LogP contribution in [0, 0.1) is 13.8 Å². The first kappa shape index (κ1) is 12.4. The summed E-state index contributed by atoms with van der Waals surface area (Å²) in [6, 6.07) is 6.56. The molecule has 0 radical (unpaired) electrons. The van der Waals surface area contributed by atoms with Crippen molar-refractivity contribution in [2.24, 2.45) is 0 Å². The van der Waals surface area contributed by atoms with Crippen molar-refractivity contribution in [1.82, 2.24) is 5.32 Å². The van der Waals surface area contributed by atoms with Crippen molar-refractivity contribution in [2.75, 3.05) is 31.1 Å². The molecule has 1 saturated heterocycles. The first-order valence-electron chi connectivity index (χ1n) is 6.23. The van der Waals surface area contributed by atoms with Gasteiger partial charge in [-0.05, 0) is 44.0 Å². The summed E-state index contributed by atoms with van der Waals surface area (Å²) in [6.07, 6.45) is 0. The van der Waals surface area contributed by atoms with Crippen molar-refractivity contribution in [3.05, 3.63) is 29.3 Å². The van der Waals surface area contributed by atoms with E-state index in [0.29, 0.717) is 13.1 Å². The van der Waals surface area contributed by atoms with Crippen molar-refractivity contribution < 1.29 is 5.11 Å². The molecule has 1 aliphatic heterocycles. The van der Waals surface area contributed by atoms with Crippen LogP contribution >= 0.6 is 0 Å². The van der Waals surface area contributed by atoms with Gasteiger partial charge in [-0.2, -0.15) is 0 Å². The Bertz CT molecular complexity index is 381. The molecular formula is C14H22N2O. The Hall–Kier alpha value is -1.06. The minimum atomic E-state index is -0.659. The van der Waals surface area contributed by atoms with Gasteiger partial charge in [-0.25, -0.2) is 0 Å². The maximum absolute atomic E-state index is 10.2.